The second-order valence-electron chi connectivity index (χ2n) is 6.04. The minimum absolute atomic E-state index is 0.748. The third-order valence-corrected chi connectivity index (χ3v) is 6.31. The Bertz CT molecular complexity index is 1340. The molecule has 0 amide bonds. The number of aromatic nitrogens is 4. The van der Waals surface area contributed by atoms with E-state index < -0.39 is 0 Å². The fourth-order valence-electron chi connectivity index (χ4n) is 3.28. The molecule has 0 atom stereocenters. The largest absolute Gasteiger partial charge is 0.252 e. The van der Waals surface area contributed by atoms with Crippen molar-refractivity contribution in [3.05, 3.63) is 59.6 Å². The summed E-state index contributed by atoms with van der Waals surface area (Å²) in [6.45, 7) is 0. The first-order valence-corrected chi connectivity index (χ1v) is 9.89. The van der Waals surface area contributed by atoms with Crippen LogP contribution in [0.15, 0.2) is 59.6 Å². The van der Waals surface area contributed by atoms with E-state index in [0.29, 0.717) is 0 Å². The highest BCUT2D eigenvalue weighted by molar-refractivity contribution is 7.17. The number of fused-ring (bicyclic) bond motifs is 6. The number of benzene rings is 2. The van der Waals surface area contributed by atoms with Crippen LogP contribution in [0.2, 0.25) is 0 Å². The Morgan fingerprint density at radius 3 is 1.58 bits per heavy atom. The highest BCUT2D eigenvalue weighted by Crippen LogP contribution is 2.30. The third-order valence-electron chi connectivity index (χ3n) is 4.55. The zero-order chi connectivity index (χ0) is 17.1. The Morgan fingerprint density at radius 2 is 1.08 bits per heavy atom. The SMILES string of the molecule is c1cc2c(ccc3ncc(-c4cnc5ccc6sccc6c5n4)nc32)s1. The van der Waals surface area contributed by atoms with E-state index in [-0.39, 0.29) is 0 Å². The minimum Gasteiger partial charge on any atom is -0.252 e. The molecule has 0 N–H and O–H groups in total. The van der Waals surface area contributed by atoms with Gasteiger partial charge in [-0.05, 0) is 47.2 Å². The summed E-state index contributed by atoms with van der Waals surface area (Å²) in [6, 6.07) is 12.4. The molecule has 122 valence electrons. The fourth-order valence-corrected chi connectivity index (χ4v) is 4.86. The van der Waals surface area contributed by atoms with E-state index in [2.05, 4.69) is 45.0 Å². The normalized spacial score (nSPS) is 11.8. The Balaban J connectivity index is 1.64. The van der Waals surface area contributed by atoms with Crippen LogP contribution in [-0.4, -0.2) is 19.9 Å². The van der Waals surface area contributed by atoms with E-state index in [9.17, 15) is 0 Å². The van der Waals surface area contributed by atoms with Crippen molar-refractivity contribution in [3.8, 4) is 11.4 Å². The van der Waals surface area contributed by atoms with Crippen LogP contribution in [0.3, 0.4) is 0 Å². The molecule has 0 spiro atoms. The summed E-state index contributed by atoms with van der Waals surface area (Å²) in [6.07, 6.45) is 3.56. The maximum absolute atomic E-state index is 4.86. The van der Waals surface area contributed by atoms with Crippen LogP contribution >= 0.6 is 22.7 Å². The summed E-state index contributed by atoms with van der Waals surface area (Å²) in [4.78, 5) is 18.9. The highest BCUT2D eigenvalue weighted by atomic mass is 32.1. The van der Waals surface area contributed by atoms with Crippen LogP contribution in [0, 0.1) is 0 Å². The van der Waals surface area contributed by atoms with Crippen molar-refractivity contribution >= 4 is 64.9 Å². The topological polar surface area (TPSA) is 51.6 Å². The van der Waals surface area contributed by atoms with Crippen molar-refractivity contribution in [3.63, 3.8) is 0 Å². The van der Waals surface area contributed by atoms with Crippen LogP contribution in [0.4, 0.5) is 0 Å². The molecular formula is C20H10N4S2. The number of hydrogen-bond acceptors (Lipinski definition) is 6. The lowest BCUT2D eigenvalue weighted by Crippen LogP contribution is -1.93. The molecular weight excluding hydrogens is 360 g/mol. The van der Waals surface area contributed by atoms with E-state index in [1.807, 2.05) is 12.1 Å². The number of rotatable bonds is 1. The Morgan fingerprint density at radius 1 is 0.577 bits per heavy atom. The van der Waals surface area contributed by atoms with E-state index in [1.54, 1.807) is 35.1 Å². The van der Waals surface area contributed by atoms with E-state index in [0.717, 1.165) is 44.2 Å². The average molecular weight is 370 g/mol. The molecule has 0 aliphatic carbocycles. The van der Waals surface area contributed by atoms with Crippen LogP contribution in [0.25, 0.3) is 53.6 Å². The lowest BCUT2D eigenvalue weighted by atomic mass is 10.2. The summed E-state index contributed by atoms with van der Waals surface area (Å²) in [5.41, 5.74) is 5.12. The molecule has 2 aromatic carbocycles. The van der Waals surface area contributed by atoms with Gasteiger partial charge in [-0.1, -0.05) is 0 Å². The van der Waals surface area contributed by atoms with Gasteiger partial charge in [-0.2, -0.15) is 0 Å². The zero-order valence-electron chi connectivity index (χ0n) is 13.4. The van der Waals surface area contributed by atoms with Crippen LogP contribution in [0.5, 0.6) is 0 Å². The summed E-state index contributed by atoms with van der Waals surface area (Å²) < 4.78 is 2.43. The molecule has 6 rings (SSSR count). The predicted octanol–water partition coefficient (Wildman–Crippen LogP) is 5.67. The molecule has 0 radical (unpaired) electrons. The van der Waals surface area contributed by atoms with Gasteiger partial charge < -0.3 is 0 Å². The van der Waals surface area contributed by atoms with Gasteiger partial charge in [-0.15, -0.1) is 22.7 Å². The Labute approximate surface area is 155 Å². The molecule has 6 heteroatoms. The van der Waals surface area contributed by atoms with Crippen molar-refractivity contribution in [1.29, 1.82) is 0 Å². The lowest BCUT2D eigenvalue weighted by molar-refractivity contribution is 1.23. The van der Waals surface area contributed by atoms with E-state index in [4.69, 9.17) is 9.97 Å². The fraction of sp³-hybridized carbons (Fsp3) is 0. The second kappa shape index (κ2) is 5.27. The van der Waals surface area contributed by atoms with Gasteiger partial charge in [0, 0.05) is 20.2 Å². The quantitative estimate of drug-likeness (QED) is 0.374. The first-order valence-electron chi connectivity index (χ1n) is 8.13. The molecule has 6 aromatic rings. The molecule has 26 heavy (non-hydrogen) atoms. The summed E-state index contributed by atoms with van der Waals surface area (Å²) in [5, 5.41) is 6.44. The van der Waals surface area contributed by atoms with Crippen molar-refractivity contribution in [2.24, 2.45) is 0 Å². The van der Waals surface area contributed by atoms with Crippen LogP contribution in [-0.2, 0) is 0 Å². The molecule has 0 saturated carbocycles. The predicted molar refractivity (Wildman–Crippen MR) is 109 cm³/mol. The smallest absolute Gasteiger partial charge is 0.109 e. The molecule has 4 nitrogen and oxygen atoms in total. The molecule has 0 aliphatic rings. The zero-order valence-corrected chi connectivity index (χ0v) is 15.0. The van der Waals surface area contributed by atoms with Gasteiger partial charge in [0.2, 0.25) is 0 Å². The van der Waals surface area contributed by atoms with Gasteiger partial charge in [0.15, 0.2) is 0 Å². The maximum Gasteiger partial charge on any atom is 0.109 e. The monoisotopic (exact) mass is 370 g/mol. The summed E-state index contributed by atoms with van der Waals surface area (Å²) in [7, 11) is 0. The van der Waals surface area contributed by atoms with Gasteiger partial charge in [0.1, 0.15) is 11.4 Å². The van der Waals surface area contributed by atoms with Crippen LogP contribution < -0.4 is 0 Å². The molecule has 0 unspecified atom stereocenters. The lowest BCUT2D eigenvalue weighted by Gasteiger charge is -2.05. The standard InChI is InChI=1S/C20H10N4S2/c1-3-17-11(5-7-25-17)19-13(1)21-9-15(23-19)16-10-22-14-2-4-18-12(6-8-26-18)20(14)24-16/h1-10H. The number of nitrogens with zero attached hydrogens (tertiary/aromatic N) is 4. The first kappa shape index (κ1) is 14.2. The van der Waals surface area contributed by atoms with Gasteiger partial charge in [0.25, 0.3) is 0 Å². The molecule has 4 heterocycles. The maximum atomic E-state index is 4.86. The van der Waals surface area contributed by atoms with E-state index >= 15 is 0 Å². The number of thiophene rings is 2. The minimum atomic E-state index is 0.748. The van der Waals surface area contributed by atoms with Gasteiger partial charge in [-0.3, -0.25) is 9.97 Å². The Hall–Kier alpha value is -2.96. The van der Waals surface area contributed by atoms with Crippen molar-refractivity contribution in [2.75, 3.05) is 0 Å². The van der Waals surface area contributed by atoms with Gasteiger partial charge in [0.05, 0.1) is 34.5 Å². The summed E-state index contributed by atoms with van der Waals surface area (Å²) >= 11 is 3.43. The average Bonchev–Trinajstić information content (AvgIpc) is 3.36. The van der Waals surface area contributed by atoms with Gasteiger partial charge in [-0.25, -0.2) is 9.97 Å². The summed E-state index contributed by atoms with van der Waals surface area (Å²) in [5.74, 6) is 0. The molecule has 0 bridgehead atoms. The number of hydrogen-bond donors (Lipinski definition) is 0. The van der Waals surface area contributed by atoms with Gasteiger partial charge >= 0.3 is 0 Å². The van der Waals surface area contributed by atoms with Crippen molar-refractivity contribution in [2.45, 2.75) is 0 Å². The molecule has 4 aromatic heterocycles. The van der Waals surface area contributed by atoms with Crippen molar-refractivity contribution in [1.82, 2.24) is 19.9 Å². The van der Waals surface area contributed by atoms with Crippen LogP contribution in [0.1, 0.15) is 0 Å². The highest BCUT2D eigenvalue weighted by Gasteiger charge is 2.11. The third kappa shape index (κ3) is 2.00. The molecule has 0 fully saturated rings. The molecule has 0 aliphatic heterocycles. The molecule has 0 saturated heterocycles. The second-order valence-corrected chi connectivity index (χ2v) is 7.94. The first-order chi connectivity index (χ1) is 12.9. The van der Waals surface area contributed by atoms with Crippen molar-refractivity contribution < 1.29 is 0 Å². The Kier molecular flexibility index (Phi) is 2.88. The van der Waals surface area contributed by atoms with E-state index in [1.165, 1.54) is 9.40 Å².